The maximum Gasteiger partial charge on any atom is 0.226 e. The lowest BCUT2D eigenvalue weighted by Gasteiger charge is -2.05. The largest absolute Gasteiger partial charge is 0.339 e. The normalized spacial score (nSPS) is 13.8. The van der Waals surface area contributed by atoms with Gasteiger partial charge >= 0.3 is 0 Å². The molecule has 3 rings (SSSR count). The molecule has 0 N–H and O–H groups in total. The van der Waals surface area contributed by atoms with E-state index < -0.39 is 10.8 Å². The second kappa shape index (κ2) is 7.48. The molecule has 2 aromatic heterocycles. The average molecular weight is 345 g/mol. The SMILES string of the molecule is CCCc1nc(C[S@](=O)[C@@H](C)c2cn(-c3ccccc3)nn2)no1. The molecule has 0 saturated carbocycles. The first-order valence-electron chi connectivity index (χ1n) is 7.83. The molecule has 7 nitrogen and oxygen atoms in total. The number of aryl methyl sites for hydroxylation is 1. The summed E-state index contributed by atoms with van der Waals surface area (Å²) < 4.78 is 19.3. The molecule has 0 bridgehead atoms. The minimum atomic E-state index is -1.20. The highest BCUT2D eigenvalue weighted by Gasteiger charge is 2.20. The summed E-state index contributed by atoms with van der Waals surface area (Å²) in [6.45, 7) is 3.91. The van der Waals surface area contributed by atoms with Gasteiger partial charge in [-0.3, -0.25) is 4.21 Å². The van der Waals surface area contributed by atoms with Crippen LogP contribution in [0.15, 0.2) is 41.1 Å². The van der Waals surface area contributed by atoms with Crippen molar-refractivity contribution in [3.8, 4) is 5.69 Å². The predicted molar refractivity (Wildman–Crippen MR) is 89.9 cm³/mol. The van der Waals surface area contributed by atoms with Crippen LogP contribution in [0.1, 0.15) is 42.9 Å². The molecule has 0 radical (unpaired) electrons. The van der Waals surface area contributed by atoms with Gasteiger partial charge in [0.1, 0.15) is 0 Å². The highest BCUT2D eigenvalue weighted by Crippen LogP contribution is 2.20. The number of para-hydroxylation sites is 1. The molecule has 2 heterocycles. The zero-order valence-corrected chi connectivity index (χ0v) is 14.4. The Morgan fingerprint density at radius 1 is 1.29 bits per heavy atom. The van der Waals surface area contributed by atoms with Gasteiger partial charge in [0.2, 0.25) is 5.89 Å². The number of nitrogens with zero attached hydrogens (tertiary/aromatic N) is 5. The Kier molecular flexibility index (Phi) is 5.14. The molecule has 126 valence electrons. The monoisotopic (exact) mass is 345 g/mol. The highest BCUT2D eigenvalue weighted by molar-refractivity contribution is 7.84. The molecule has 3 aromatic rings. The van der Waals surface area contributed by atoms with E-state index in [2.05, 4.69) is 20.5 Å². The highest BCUT2D eigenvalue weighted by atomic mass is 32.2. The maximum atomic E-state index is 12.5. The maximum absolute atomic E-state index is 12.5. The first-order chi connectivity index (χ1) is 11.7. The molecular weight excluding hydrogens is 326 g/mol. The first-order valence-corrected chi connectivity index (χ1v) is 9.22. The van der Waals surface area contributed by atoms with E-state index in [1.165, 1.54) is 0 Å². The molecule has 0 aliphatic carbocycles. The van der Waals surface area contributed by atoms with Crippen LogP contribution in [0.5, 0.6) is 0 Å². The Hall–Kier alpha value is -2.35. The molecule has 0 aliphatic rings. The lowest BCUT2D eigenvalue weighted by molar-refractivity contribution is 0.373. The standard InChI is InChI=1S/C16H19N5O2S/c1-3-7-16-17-15(19-23-16)11-24(22)12(2)14-10-21(20-18-14)13-8-5-4-6-9-13/h4-6,8-10,12H,3,7,11H2,1-2H3/t12-,24-/m0/s1. The van der Waals surface area contributed by atoms with Crippen molar-refractivity contribution in [2.75, 3.05) is 0 Å². The van der Waals surface area contributed by atoms with Crippen LogP contribution in [0.2, 0.25) is 0 Å². The molecule has 0 aliphatic heterocycles. The summed E-state index contributed by atoms with van der Waals surface area (Å²) in [5, 5.41) is 11.9. The van der Waals surface area contributed by atoms with Crippen molar-refractivity contribution >= 4 is 10.8 Å². The van der Waals surface area contributed by atoms with Crippen molar-refractivity contribution < 1.29 is 8.73 Å². The van der Waals surface area contributed by atoms with E-state index in [0.717, 1.165) is 18.5 Å². The van der Waals surface area contributed by atoms with Crippen LogP contribution in [-0.2, 0) is 23.0 Å². The fourth-order valence-electron chi connectivity index (χ4n) is 2.22. The topological polar surface area (TPSA) is 86.7 Å². The van der Waals surface area contributed by atoms with Gasteiger partial charge in [0, 0.05) is 17.2 Å². The zero-order chi connectivity index (χ0) is 16.9. The van der Waals surface area contributed by atoms with Crippen molar-refractivity contribution in [3.05, 3.63) is 53.9 Å². The summed E-state index contributed by atoms with van der Waals surface area (Å²) in [4.78, 5) is 4.26. The lowest BCUT2D eigenvalue weighted by atomic mass is 10.3. The van der Waals surface area contributed by atoms with E-state index in [1.54, 1.807) is 10.9 Å². The molecule has 0 fully saturated rings. The minimum absolute atomic E-state index is 0.243. The predicted octanol–water partition coefficient (Wildman–Crippen LogP) is 2.61. The summed E-state index contributed by atoms with van der Waals surface area (Å²) in [6.07, 6.45) is 3.47. The molecule has 0 spiro atoms. The van der Waals surface area contributed by atoms with Gasteiger partial charge in [-0.1, -0.05) is 35.5 Å². The Morgan fingerprint density at radius 3 is 2.83 bits per heavy atom. The summed E-state index contributed by atoms with van der Waals surface area (Å²) >= 11 is 0. The molecular formula is C16H19N5O2S. The van der Waals surface area contributed by atoms with Crippen molar-refractivity contribution in [1.82, 2.24) is 25.1 Å². The Bertz CT molecular complexity index is 815. The van der Waals surface area contributed by atoms with Gasteiger partial charge in [-0.2, -0.15) is 4.98 Å². The first kappa shape index (κ1) is 16.5. The van der Waals surface area contributed by atoms with Crippen LogP contribution in [-0.4, -0.2) is 29.3 Å². The van der Waals surface area contributed by atoms with Gasteiger partial charge in [0.05, 0.1) is 28.6 Å². The number of rotatable bonds is 7. The molecule has 8 heteroatoms. The van der Waals surface area contributed by atoms with Crippen molar-refractivity contribution in [2.24, 2.45) is 0 Å². The third-order valence-corrected chi connectivity index (χ3v) is 5.16. The minimum Gasteiger partial charge on any atom is -0.339 e. The fraction of sp³-hybridized carbons (Fsp3) is 0.375. The molecule has 0 saturated heterocycles. The quantitative estimate of drug-likeness (QED) is 0.654. The van der Waals surface area contributed by atoms with E-state index >= 15 is 0 Å². The van der Waals surface area contributed by atoms with Gasteiger partial charge < -0.3 is 4.52 Å². The van der Waals surface area contributed by atoms with Crippen LogP contribution >= 0.6 is 0 Å². The van der Waals surface area contributed by atoms with Crippen molar-refractivity contribution in [3.63, 3.8) is 0 Å². The van der Waals surface area contributed by atoms with Crippen molar-refractivity contribution in [2.45, 2.75) is 37.7 Å². The van der Waals surface area contributed by atoms with E-state index in [0.29, 0.717) is 17.4 Å². The van der Waals surface area contributed by atoms with Crippen LogP contribution in [0.25, 0.3) is 5.69 Å². The Labute approximate surface area is 142 Å². The van der Waals surface area contributed by atoms with E-state index in [4.69, 9.17) is 4.52 Å². The van der Waals surface area contributed by atoms with Gasteiger partial charge in [0.15, 0.2) is 5.82 Å². The lowest BCUT2D eigenvalue weighted by Crippen LogP contribution is -2.07. The Balaban J connectivity index is 1.68. The van der Waals surface area contributed by atoms with E-state index in [9.17, 15) is 4.21 Å². The fourth-order valence-corrected chi connectivity index (χ4v) is 3.22. The summed E-state index contributed by atoms with van der Waals surface area (Å²) in [7, 11) is -1.20. The van der Waals surface area contributed by atoms with Crippen LogP contribution in [0.4, 0.5) is 0 Å². The zero-order valence-electron chi connectivity index (χ0n) is 13.6. The van der Waals surface area contributed by atoms with Crippen molar-refractivity contribution in [1.29, 1.82) is 0 Å². The number of aromatic nitrogens is 5. The summed E-state index contributed by atoms with van der Waals surface area (Å²) in [5.74, 6) is 1.30. The molecule has 2 atom stereocenters. The number of hydrogen-bond donors (Lipinski definition) is 0. The van der Waals surface area contributed by atoms with Gasteiger partial charge in [-0.25, -0.2) is 4.68 Å². The second-order valence-electron chi connectivity index (χ2n) is 5.45. The smallest absolute Gasteiger partial charge is 0.226 e. The molecule has 0 unspecified atom stereocenters. The number of hydrogen-bond acceptors (Lipinski definition) is 6. The van der Waals surface area contributed by atoms with Crippen LogP contribution in [0.3, 0.4) is 0 Å². The average Bonchev–Trinajstić information content (AvgIpc) is 3.25. The van der Waals surface area contributed by atoms with Gasteiger partial charge in [0.25, 0.3) is 0 Å². The summed E-state index contributed by atoms with van der Waals surface area (Å²) in [5.41, 5.74) is 1.59. The van der Waals surface area contributed by atoms with E-state index in [-0.39, 0.29) is 11.0 Å². The third kappa shape index (κ3) is 3.76. The molecule has 1 aromatic carbocycles. The number of benzene rings is 1. The van der Waals surface area contributed by atoms with Gasteiger partial charge in [-0.15, -0.1) is 5.10 Å². The van der Waals surface area contributed by atoms with Crippen LogP contribution in [0, 0.1) is 0 Å². The second-order valence-corrected chi connectivity index (χ2v) is 7.20. The molecule has 0 amide bonds. The third-order valence-electron chi connectivity index (χ3n) is 3.59. The summed E-state index contributed by atoms with van der Waals surface area (Å²) in [6, 6.07) is 9.69. The Morgan fingerprint density at radius 2 is 2.08 bits per heavy atom. The molecule has 24 heavy (non-hydrogen) atoms. The van der Waals surface area contributed by atoms with Crippen LogP contribution < -0.4 is 0 Å². The van der Waals surface area contributed by atoms with E-state index in [1.807, 2.05) is 44.2 Å². The van der Waals surface area contributed by atoms with Gasteiger partial charge in [-0.05, 0) is 25.5 Å².